The minimum atomic E-state index is -0.168. The van der Waals surface area contributed by atoms with Crippen molar-refractivity contribution in [3.05, 3.63) is 23.4 Å². The maximum Gasteiger partial charge on any atom is 0.227 e. The fourth-order valence-corrected chi connectivity index (χ4v) is 6.15. The van der Waals surface area contributed by atoms with Gasteiger partial charge in [-0.2, -0.15) is 0 Å². The molecule has 0 radical (unpaired) electrons. The number of carbonyl (C=O) groups excluding carboxylic acids is 1. The van der Waals surface area contributed by atoms with Crippen LogP contribution in [0.2, 0.25) is 0 Å². The minimum Gasteiger partial charge on any atom is -0.493 e. The topological polar surface area (TPSA) is 67.6 Å². The number of fused-ring (bicyclic) bond motifs is 1. The molecule has 1 N–H and O–H groups in total. The highest BCUT2D eigenvalue weighted by Gasteiger charge is 2.40. The molecule has 1 aromatic carbocycles. The Morgan fingerprint density at radius 3 is 2.62 bits per heavy atom. The molecular weight excluding hydrogens is 426 g/mol. The molecule has 3 fully saturated rings. The Morgan fingerprint density at radius 2 is 1.91 bits per heavy atom. The van der Waals surface area contributed by atoms with Crippen LogP contribution in [0.3, 0.4) is 0 Å². The van der Waals surface area contributed by atoms with E-state index >= 15 is 0 Å². The molecule has 2 aliphatic carbocycles. The summed E-state index contributed by atoms with van der Waals surface area (Å²) in [5.41, 5.74) is 2.86. The maximum absolute atomic E-state index is 12.7. The maximum atomic E-state index is 12.7. The van der Waals surface area contributed by atoms with E-state index in [0.717, 1.165) is 85.8 Å². The Balaban J connectivity index is 1.13. The summed E-state index contributed by atoms with van der Waals surface area (Å²) in [7, 11) is 1.79. The van der Waals surface area contributed by atoms with Crippen molar-refractivity contribution >= 4 is 16.9 Å². The van der Waals surface area contributed by atoms with Crippen LogP contribution in [-0.2, 0) is 11.2 Å². The molecular formula is C28H41N3O3. The van der Waals surface area contributed by atoms with Crippen molar-refractivity contribution in [1.82, 2.24) is 15.4 Å². The van der Waals surface area contributed by atoms with Gasteiger partial charge in [0.25, 0.3) is 0 Å². The molecule has 5 rings (SSSR count). The highest BCUT2D eigenvalue weighted by atomic mass is 16.5. The molecule has 2 saturated carbocycles. The summed E-state index contributed by atoms with van der Waals surface area (Å²) >= 11 is 0. The number of ether oxygens (including phenoxy) is 1. The number of aryl methyl sites for hydroxylation is 2. The zero-order valence-corrected chi connectivity index (χ0v) is 21.0. The standard InChI is InChI=1S/C28H41N3O3/c1-20-25(33-18-22-6-7-22)11-9-23-24(30-34-26(20)23)10-8-21-12-16-31(17-13-21)19-28(27(32)29-2)14-4-3-5-15-28/h9,11,21-22H,3-8,10,12-19H2,1-2H3,(H,29,32). The third kappa shape index (κ3) is 5.12. The predicted molar refractivity (Wildman–Crippen MR) is 134 cm³/mol. The average Bonchev–Trinajstić information content (AvgIpc) is 3.61. The zero-order valence-electron chi connectivity index (χ0n) is 21.0. The van der Waals surface area contributed by atoms with Crippen LogP contribution in [0.5, 0.6) is 5.75 Å². The molecule has 34 heavy (non-hydrogen) atoms. The Hall–Kier alpha value is -2.08. The van der Waals surface area contributed by atoms with E-state index in [-0.39, 0.29) is 11.3 Å². The number of aromatic nitrogens is 1. The fourth-order valence-electron chi connectivity index (χ4n) is 6.15. The van der Waals surface area contributed by atoms with Crippen molar-refractivity contribution in [2.75, 3.05) is 33.3 Å². The fraction of sp³-hybridized carbons (Fsp3) is 0.714. The average molecular weight is 468 g/mol. The Morgan fingerprint density at radius 1 is 1.15 bits per heavy atom. The summed E-state index contributed by atoms with van der Waals surface area (Å²) in [6.45, 7) is 6.02. The molecule has 1 aliphatic heterocycles. The molecule has 3 aliphatic rings. The first-order valence-electron chi connectivity index (χ1n) is 13.5. The second kappa shape index (κ2) is 10.3. The predicted octanol–water partition coefficient (Wildman–Crippen LogP) is 5.27. The van der Waals surface area contributed by atoms with Gasteiger partial charge in [0, 0.05) is 24.5 Å². The number of rotatable bonds is 9. The molecule has 6 heteroatoms. The lowest BCUT2D eigenvalue weighted by Gasteiger charge is -2.42. The molecule has 1 amide bonds. The van der Waals surface area contributed by atoms with E-state index < -0.39 is 0 Å². The first-order valence-corrected chi connectivity index (χ1v) is 13.5. The summed E-state index contributed by atoms with van der Waals surface area (Å²) in [6.07, 6.45) is 12.8. The summed E-state index contributed by atoms with van der Waals surface area (Å²) in [5, 5.41) is 8.53. The number of piperidine rings is 1. The van der Waals surface area contributed by atoms with Crippen molar-refractivity contribution < 1.29 is 14.1 Å². The van der Waals surface area contributed by atoms with Crippen molar-refractivity contribution in [3.63, 3.8) is 0 Å². The Kier molecular flexibility index (Phi) is 7.14. The zero-order chi connectivity index (χ0) is 23.5. The van der Waals surface area contributed by atoms with Gasteiger partial charge < -0.3 is 19.5 Å². The van der Waals surface area contributed by atoms with Crippen molar-refractivity contribution in [2.45, 2.75) is 77.6 Å². The molecule has 0 spiro atoms. The highest BCUT2D eigenvalue weighted by molar-refractivity contribution is 5.84. The highest BCUT2D eigenvalue weighted by Crippen LogP contribution is 2.39. The first kappa shape index (κ1) is 23.7. The van der Waals surface area contributed by atoms with Crippen LogP contribution in [0.1, 0.15) is 75.5 Å². The number of nitrogens with one attached hydrogen (secondary N) is 1. The van der Waals surface area contributed by atoms with Crippen LogP contribution in [0, 0.1) is 24.2 Å². The summed E-state index contributed by atoms with van der Waals surface area (Å²) in [5.74, 6) is 2.64. The van der Waals surface area contributed by atoms with Gasteiger partial charge in [0.05, 0.1) is 17.7 Å². The molecule has 2 aromatic rings. The second-order valence-corrected chi connectivity index (χ2v) is 11.1. The molecule has 2 heterocycles. The lowest BCUT2D eigenvalue weighted by molar-refractivity contribution is -0.134. The molecule has 0 unspecified atom stereocenters. The van der Waals surface area contributed by atoms with E-state index in [1.807, 2.05) is 0 Å². The molecule has 1 saturated heterocycles. The van der Waals surface area contributed by atoms with Crippen LogP contribution >= 0.6 is 0 Å². The number of carbonyl (C=O) groups is 1. The van der Waals surface area contributed by atoms with Gasteiger partial charge in [0.15, 0.2) is 5.58 Å². The first-order chi connectivity index (χ1) is 16.6. The summed E-state index contributed by atoms with van der Waals surface area (Å²) in [6, 6.07) is 4.22. The minimum absolute atomic E-state index is 0.168. The third-order valence-electron chi connectivity index (χ3n) is 8.63. The third-order valence-corrected chi connectivity index (χ3v) is 8.63. The molecule has 0 bridgehead atoms. The SMILES string of the molecule is CNC(=O)C1(CN2CCC(CCc3noc4c(C)c(OCC5CC5)ccc34)CC2)CCCCC1. The van der Waals surface area contributed by atoms with Gasteiger partial charge in [-0.3, -0.25) is 4.79 Å². The van der Waals surface area contributed by atoms with Gasteiger partial charge in [-0.1, -0.05) is 24.4 Å². The Bertz CT molecular complexity index is 982. The van der Waals surface area contributed by atoms with Crippen molar-refractivity contribution in [1.29, 1.82) is 0 Å². The van der Waals surface area contributed by atoms with Crippen molar-refractivity contribution in [2.24, 2.45) is 17.3 Å². The lowest BCUT2D eigenvalue weighted by atomic mass is 9.72. The van der Waals surface area contributed by atoms with Gasteiger partial charge >= 0.3 is 0 Å². The smallest absolute Gasteiger partial charge is 0.227 e. The second-order valence-electron chi connectivity index (χ2n) is 11.1. The molecule has 186 valence electrons. The number of amides is 1. The van der Waals surface area contributed by atoms with Gasteiger partial charge in [-0.05, 0) is 95.3 Å². The number of likely N-dealkylation sites (tertiary alicyclic amines) is 1. The molecule has 0 atom stereocenters. The van der Waals surface area contributed by atoms with Crippen LogP contribution in [0.25, 0.3) is 11.0 Å². The number of hydrogen-bond donors (Lipinski definition) is 1. The van der Waals surface area contributed by atoms with E-state index in [1.165, 1.54) is 44.9 Å². The van der Waals surface area contributed by atoms with Gasteiger partial charge in [0.2, 0.25) is 5.91 Å². The van der Waals surface area contributed by atoms with Gasteiger partial charge in [0.1, 0.15) is 5.75 Å². The normalized spacial score (nSPS) is 21.6. The number of benzene rings is 1. The van der Waals surface area contributed by atoms with Gasteiger partial charge in [-0.15, -0.1) is 0 Å². The summed E-state index contributed by atoms with van der Waals surface area (Å²) in [4.78, 5) is 15.3. The van der Waals surface area contributed by atoms with Crippen LogP contribution in [0.4, 0.5) is 0 Å². The largest absolute Gasteiger partial charge is 0.493 e. The lowest BCUT2D eigenvalue weighted by Crippen LogP contribution is -2.50. The summed E-state index contributed by atoms with van der Waals surface area (Å²) < 4.78 is 11.8. The van der Waals surface area contributed by atoms with E-state index in [0.29, 0.717) is 5.92 Å². The van der Waals surface area contributed by atoms with Crippen LogP contribution in [0.15, 0.2) is 16.7 Å². The van der Waals surface area contributed by atoms with E-state index in [4.69, 9.17) is 9.26 Å². The van der Waals surface area contributed by atoms with Gasteiger partial charge in [-0.25, -0.2) is 0 Å². The van der Waals surface area contributed by atoms with Crippen molar-refractivity contribution in [3.8, 4) is 5.75 Å². The number of nitrogens with zero attached hydrogens (tertiary/aromatic N) is 2. The molecule has 6 nitrogen and oxygen atoms in total. The van der Waals surface area contributed by atoms with Crippen LogP contribution in [-0.4, -0.2) is 49.3 Å². The van der Waals surface area contributed by atoms with E-state index in [2.05, 4.69) is 34.4 Å². The molecule has 1 aromatic heterocycles. The monoisotopic (exact) mass is 467 g/mol. The van der Waals surface area contributed by atoms with E-state index in [1.54, 1.807) is 7.05 Å². The quantitative estimate of drug-likeness (QED) is 0.544. The van der Waals surface area contributed by atoms with Crippen LogP contribution < -0.4 is 10.1 Å². The van der Waals surface area contributed by atoms with E-state index in [9.17, 15) is 4.79 Å². The Labute approximate surface area is 203 Å². The number of hydrogen-bond acceptors (Lipinski definition) is 5.